The van der Waals surface area contributed by atoms with Crippen molar-refractivity contribution in [3.8, 4) is 5.75 Å². The van der Waals surface area contributed by atoms with Crippen LogP contribution in [0.2, 0.25) is 0 Å². The fraction of sp³-hybridized carbons (Fsp3) is 0.385. The van der Waals surface area contributed by atoms with Crippen LogP contribution in [0, 0.1) is 0 Å². The van der Waals surface area contributed by atoms with Gasteiger partial charge in [0, 0.05) is 19.5 Å². The summed E-state index contributed by atoms with van der Waals surface area (Å²) in [4.78, 5) is 30.9. The molecule has 1 heterocycles. The summed E-state index contributed by atoms with van der Waals surface area (Å²) in [5.41, 5.74) is 4.72. The predicted molar refractivity (Wildman–Crippen MR) is 238 cm³/mol. The summed E-state index contributed by atoms with van der Waals surface area (Å²) in [7, 11) is 1.62. The number of nitrogens with zero attached hydrogens (tertiary/aromatic N) is 1. The molecule has 5 aromatic carbocycles. The standard InChI is InChI=1S/C52H60N2O8/c1-38(55)54(32-39-28-30-45(57-2)31-29-39)47(52(56)53-44-26-16-7-17-27-44)49-51(61-36-43-24-14-6-15-25-43)50(60-35-42-22-12-5-13-23-42)48(59-34-41-20-10-4-11-21-41)46(62-49)37-58-33-40-18-8-3-9-19-40/h3-6,8-15,18-25,28-31,44,46-51H,7,16-17,26-27,32-37H2,1-2H3,(H,53,56)/t46-,47?,48-,49+,50+,51+/m1/s1. The van der Waals surface area contributed by atoms with Crippen molar-refractivity contribution < 1.29 is 38.0 Å². The minimum absolute atomic E-state index is 0.0297. The summed E-state index contributed by atoms with van der Waals surface area (Å²) in [5.74, 6) is 0.113. The molecule has 1 unspecified atom stereocenters. The van der Waals surface area contributed by atoms with Crippen LogP contribution in [0.3, 0.4) is 0 Å². The molecule has 1 aliphatic heterocycles. The van der Waals surface area contributed by atoms with E-state index in [-0.39, 0.29) is 50.8 Å². The molecule has 62 heavy (non-hydrogen) atoms. The number of hydrogen-bond donors (Lipinski definition) is 1. The molecule has 2 amide bonds. The van der Waals surface area contributed by atoms with Crippen molar-refractivity contribution in [1.29, 1.82) is 0 Å². The molecule has 326 valence electrons. The number of nitrogens with one attached hydrogen (secondary N) is 1. The minimum Gasteiger partial charge on any atom is -0.497 e. The van der Waals surface area contributed by atoms with E-state index in [1.54, 1.807) is 12.0 Å². The second kappa shape index (κ2) is 23.2. The molecule has 10 nitrogen and oxygen atoms in total. The fourth-order valence-electron chi connectivity index (χ4n) is 8.41. The third-order valence-electron chi connectivity index (χ3n) is 11.7. The normalized spacial score (nSPS) is 20.8. The van der Waals surface area contributed by atoms with Gasteiger partial charge in [0.2, 0.25) is 11.8 Å². The second-order valence-corrected chi connectivity index (χ2v) is 16.2. The minimum atomic E-state index is -1.12. The third-order valence-corrected chi connectivity index (χ3v) is 11.7. The maximum atomic E-state index is 15.2. The number of benzene rings is 5. The predicted octanol–water partition coefficient (Wildman–Crippen LogP) is 8.60. The first-order chi connectivity index (χ1) is 30.4. The van der Waals surface area contributed by atoms with Crippen LogP contribution in [0.4, 0.5) is 0 Å². The first-order valence-corrected chi connectivity index (χ1v) is 21.9. The Morgan fingerprint density at radius 1 is 0.613 bits per heavy atom. The van der Waals surface area contributed by atoms with E-state index in [1.807, 2.05) is 146 Å². The molecule has 0 spiro atoms. The topological polar surface area (TPSA) is 105 Å². The first kappa shape index (κ1) is 44.7. The lowest BCUT2D eigenvalue weighted by atomic mass is 9.88. The molecule has 0 bridgehead atoms. The summed E-state index contributed by atoms with van der Waals surface area (Å²) in [6.45, 7) is 2.82. The van der Waals surface area contributed by atoms with Crippen molar-refractivity contribution in [1.82, 2.24) is 10.2 Å². The molecule has 1 N–H and O–H groups in total. The molecule has 6 atom stereocenters. The van der Waals surface area contributed by atoms with Gasteiger partial charge >= 0.3 is 0 Å². The zero-order valence-electron chi connectivity index (χ0n) is 35.9. The Morgan fingerprint density at radius 3 is 1.60 bits per heavy atom. The van der Waals surface area contributed by atoms with E-state index < -0.39 is 36.6 Å². The zero-order valence-corrected chi connectivity index (χ0v) is 35.9. The largest absolute Gasteiger partial charge is 0.497 e. The molecule has 5 aromatic rings. The van der Waals surface area contributed by atoms with Gasteiger partial charge < -0.3 is 38.6 Å². The molecular formula is C52H60N2O8. The van der Waals surface area contributed by atoms with Gasteiger partial charge in [-0.2, -0.15) is 0 Å². The number of carbonyl (C=O) groups is 2. The molecule has 1 saturated heterocycles. The summed E-state index contributed by atoms with van der Waals surface area (Å²) < 4.78 is 40.1. The highest BCUT2D eigenvalue weighted by Crippen LogP contribution is 2.35. The third kappa shape index (κ3) is 12.6. The van der Waals surface area contributed by atoms with Crippen LogP contribution in [-0.4, -0.2) is 73.0 Å². The Bertz CT molecular complexity index is 2070. The van der Waals surface area contributed by atoms with Gasteiger partial charge in [-0.1, -0.05) is 153 Å². The van der Waals surface area contributed by atoms with E-state index in [0.717, 1.165) is 59.9 Å². The average Bonchev–Trinajstić information content (AvgIpc) is 3.31. The number of amides is 2. The zero-order chi connectivity index (χ0) is 42.9. The fourth-order valence-corrected chi connectivity index (χ4v) is 8.41. The van der Waals surface area contributed by atoms with Crippen LogP contribution < -0.4 is 10.1 Å². The molecule has 1 saturated carbocycles. The number of ether oxygens (including phenoxy) is 6. The second-order valence-electron chi connectivity index (χ2n) is 16.2. The van der Waals surface area contributed by atoms with Crippen molar-refractivity contribution >= 4 is 11.8 Å². The van der Waals surface area contributed by atoms with Crippen LogP contribution in [0.25, 0.3) is 0 Å². The van der Waals surface area contributed by atoms with Gasteiger partial charge in [-0.05, 0) is 52.8 Å². The Morgan fingerprint density at radius 2 is 1.10 bits per heavy atom. The van der Waals surface area contributed by atoms with Gasteiger partial charge in [-0.3, -0.25) is 9.59 Å². The first-order valence-electron chi connectivity index (χ1n) is 21.9. The van der Waals surface area contributed by atoms with Crippen molar-refractivity contribution in [3.63, 3.8) is 0 Å². The van der Waals surface area contributed by atoms with Gasteiger partial charge in [-0.15, -0.1) is 0 Å². The van der Waals surface area contributed by atoms with E-state index in [9.17, 15) is 4.79 Å². The molecule has 0 radical (unpaired) electrons. The monoisotopic (exact) mass is 840 g/mol. The van der Waals surface area contributed by atoms with Crippen LogP contribution in [0.1, 0.15) is 66.8 Å². The molecule has 2 aliphatic rings. The summed E-state index contributed by atoms with van der Waals surface area (Å²) in [6, 6.07) is 46.2. The molecule has 0 aromatic heterocycles. The Labute approximate surface area is 366 Å². The number of carbonyl (C=O) groups excluding carboxylic acids is 2. The van der Waals surface area contributed by atoms with Crippen LogP contribution in [-0.2, 0) is 66.2 Å². The SMILES string of the molecule is COc1ccc(CN(C(C)=O)C(C(=O)NC2CCCCC2)[C@@H]2O[C@H](COCc3ccccc3)[C@@H](OCc3ccccc3)[C@H](OCc3ccccc3)[C@H]2OCc2ccccc2)cc1. The molecular weight excluding hydrogens is 781 g/mol. The Kier molecular flexibility index (Phi) is 16.7. The van der Waals surface area contributed by atoms with E-state index in [0.29, 0.717) is 12.4 Å². The number of methoxy groups -OCH3 is 1. The Hall–Kier alpha value is -5.36. The maximum absolute atomic E-state index is 15.2. The summed E-state index contributed by atoms with van der Waals surface area (Å²) >= 11 is 0. The van der Waals surface area contributed by atoms with E-state index in [1.165, 1.54) is 6.92 Å². The van der Waals surface area contributed by atoms with Crippen molar-refractivity contribution in [2.24, 2.45) is 0 Å². The van der Waals surface area contributed by atoms with Gasteiger partial charge in [0.15, 0.2) is 0 Å². The van der Waals surface area contributed by atoms with Gasteiger partial charge in [-0.25, -0.2) is 0 Å². The van der Waals surface area contributed by atoms with E-state index >= 15 is 4.79 Å². The summed E-state index contributed by atoms with van der Waals surface area (Å²) in [6.07, 6.45) is 0.807. The number of rotatable bonds is 20. The van der Waals surface area contributed by atoms with E-state index in [4.69, 9.17) is 28.4 Å². The molecule has 10 heteroatoms. The molecule has 2 fully saturated rings. The van der Waals surface area contributed by atoms with Crippen molar-refractivity contribution in [2.45, 2.75) is 115 Å². The number of hydrogen-bond acceptors (Lipinski definition) is 8. The van der Waals surface area contributed by atoms with Gasteiger partial charge in [0.25, 0.3) is 0 Å². The van der Waals surface area contributed by atoms with Gasteiger partial charge in [0.1, 0.15) is 42.3 Å². The average molecular weight is 841 g/mol. The molecule has 7 rings (SSSR count). The van der Waals surface area contributed by atoms with Gasteiger partial charge in [0.05, 0.1) is 40.1 Å². The lowest BCUT2D eigenvalue weighted by Crippen LogP contribution is -2.69. The van der Waals surface area contributed by atoms with Crippen molar-refractivity contribution in [3.05, 3.63) is 173 Å². The lowest BCUT2D eigenvalue weighted by molar-refractivity contribution is -0.280. The van der Waals surface area contributed by atoms with Crippen LogP contribution in [0.15, 0.2) is 146 Å². The smallest absolute Gasteiger partial charge is 0.245 e. The van der Waals surface area contributed by atoms with Crippen molar-refractivity contribution in [2.75, 3.05) is 13.7 Å². The lowest BCUT2D eigenvalue weighted by Gasteiger charge is -2.49. The van der Waals surface area contributed by atoms with E-state index in [2.05, 4.69) is 5.32 Å². The highest BCUT2D eigenvalue weighted by molar-refractivity contribution is 5.88. The summed E-state index contributed by atoms with van der Waals surface area (Å²) in [5, 5.41) is 3.37. The Balaban J connectivity index is 1.32. The highest BCUT2D eigenvalue weighted by atomic mass is 16.6. The maximum Gasteiger partial charge on any atom is 0.245 e. The molecule has 1 aliphatic carbocycles. The van der Waals surface area contributed by atoms with Crippen LogP contribution in [0.5, 0.6) is 5.75 Å². The quantitative estimate of drug-likeness (QED) is 0.0832. The van der Waals surface area contributed by atoms with Crippen LogP contribution >= 0.6 is 0 Å². The highest BCUT2D eigenvalue weighted by Gasteiger charge is 2.54.